The van der Waals surface area contributed by atoms with Crippen LogP contribution < -0.4 is 4.74 Å². The zero-order chi connectivity index (χ0) is 10.2. The predicted molar refractivity (Wildman–Crippen MR) is 61.4 cm³/mol. The highest BCUT2D eigenvalue weighted by Gasteiger charge is 2.17. The first-order valence-corrected chi connectivity index (χ1v) is 5.96. The molecule has 0 N–H and O–H groups in total. The van der Waals surface area contributed by atoms with Gasteiger partial charge in [0.2, 0.25) is 0 Å². The standard InChI is InChI=1S/C12H16OS/c1-12(2,3)9-4-5-10-11(8-9)14-7-6-13-10/h4-5,8H,6-7H2,1-3H3. The van der Waals surface area contributed by atoms with Crippen LogP contribution in [0, 0.1) is 0 Å². The number of benzene rings is 1. The molecule has 0 unspecified atom stereocenters. The minimum absolute atomic E-state index is 0.229. The maximum Gasteiger partial charge on any atom is 0.132 e. The molecule has 0 aromatic heterocycles. The van der Waals surface area contributed by atoms with Crippen molar-refractivity contribution in [1.82, 2.24) is 0 Å². The molecule has 0 radical (unpaired) electrons. The lowest BCUT2D eigenvalue weighted by molar-refractivity contribution is 0.329. The van der Waals surface area contributed by atoms with E-state index >= 15 is 0 Å². The molecule has 1 nitrogen and oxygen atoms in total. The van der Waals surface area contributed by atoms with Crippen molar-refractivity contribution in [2.75, 3.05) is 12.4 Å². The summed E-state index contributed by atoms with van der Waals surface area (Å²) in [6.45, 7) is 7.56. The van der Waals surface area contributed by atoms with Crippen molar-refractivity contribution in [2.45, 2.75) is 31.1 Å². The largest absolute Gasteiger partial charge is 0.492 e. The summed E-state index contributed by atoms with van der Waals surface area (Å²) >= 11 is 1.89. The van der Waals surface area contributed by atoms with E-state index in [1.54, 1.807) is 0 Å². The maximum absolute atomic E-state index is 5.57. The normalized spacial score (nSPS) is 15.9. The van der Waals surface area contributed by atoms with Gasteiger partial charge in [-0.15, -0.1) is 11.8 Å². The van der Waals surface area contributed by atoms with E-state index in [2.05, 4.69) is 39.0 Å². The number of hydrogen-bond acceptors (Lipinski definition) is 2. The van der Waals surface area contributed by atoms with Crippen LogP contribution in [0.2, 0.25) is 0 Å². The fourth-order valence-corrected chi connectivity index (χ4v) is 2.38. The predicted octanol–water partition coefficient (Wildman–Crippen LogP) is 3.47. The molecule has 0 saturated heterocycles. The highest BCUT2D eigenvalue weighted by molar-refractivity contribution is 7.99. The summed E-state index contributed by atoms with van der Waals surface area (Å²) in [6, 6.07) is 6.53. The Hall–Kier alpha value is -0.630. The van der Waals surface area contributed by atoms with E-state index in [-0.39, 0.29) is 5.41 Å². The molecule has 2 rings (SSSR count). The van der Waals surface area contributed by atoms with E-state index in [4.69, 9.17) is 4.74 Å². The van der Waals surface area contributed by atoms with Crippen LogP contribution in [-0.2, 0) is 5.41 Å². The third kappa shape index (κ3) is 1.90. The first-order chi connectivity index (χ1) is 6.57. The Labute approximate surface area is 89.9 Å². The van der Waals surface area contributed by atoms with Crippen molar-refractivity contribution in [3.63, 3.8) is 0 Å². The van der Waals surface area contributed by atoms with Gasteiger partial charge in [0.1, 0.15) is 5.75 Å². The van der Waals surface area contributed by atoms with Gasteiger partial charge in [0.05, 0.1) is 6.61 Å². The summed E-state index contributed by atoms with van der Waals surface area (Å²) in [5, 5.41) is 0. The first-order valence-electron chi connectivity index (χ1n) is 4.97. The summed E-state index contributed by atoms with van der Waals surface area (Å²) in [4.78, 5) is 1.30. The quantitative estimate of drug-likeness (QED) is 0.645. The third-order valence-corrected chi connectivity index (χ3v) is 3.41. The van der Waals surface area contributed by atoms with Gasteiger partial charge in [-0.05, 0) is 23.1 Å². The minimum Gasteiger partial charge on any atom is -0.492 e. The van der Waals surface area contributed by atoms with E-state index < -0.39 is 0 Å². The number of rotatable bonds is 0. The van der Waals surface area contributed by atoms with Gasteiger partial charge in [0.25, 0.3) is 0 Å². The monoisotopic (exact) mass is 208 g/mol. The fraction of sp³-hybridized carbons (Fsp3) is 0.500. The van der Waals surface area contributed by atoms with Crippen molar-refractivity contribution in [3.8, 4) is 5.75 Å². The molecule has 0 fully saturated rings. The molecule has 1 heterocycles. The molecular weight excluding hydrogens is 192 g/mol. The van der Waals surface area contributed by atoms with E-state index in [1.807, 2.05) is 11.8 Å². The van der Waals surface area contributed by atoms with E-state index in [0.29, 0.717) is 0 Å². The number of fused-ring (bicyclic) bond motifs is 1. The van der Waals surface area contributed by atoms with Gasteiger partial charge in [-0.2, -0.15) is 0 Å². The Morgan fingerprint density at radius 1 is 1.29 bits per heavy atom. The van der Waals surface area contributed by atoms with Crippen molar-refractivity contribution in [1.29, 1.82) is 0 Å². The van der Waals surface area contributed by atoms with Crippen molar-refractivity contribution in [2.24, 2.45) is 0 Å². The molecule has 0 atom stereocenters. The van der Waals surface area contributed by atoms with Crippen LogP contribution in [0.5, 0.6) is 5.75 Å². The number of ether oxygens (including phenoxy) is 1. The van der Waals surface area contributed by atoms with Gasteiger partial charge in [-0.3, -0.25) is 0 Å². The van der Waals surface area contributed by atoms with Crippen molar-refractivity contribution in [3.05, 3.63) is 23.8 Å². The van der Waals surface area contributed by atoms with Crippen molar-refractivity contribution >= 4 is 11.8 Å². The lowest BCUT2D eigenvalue weighted by Gasteiger charge is -2.23. The molecule has 0 saturated carbocycles. The molecule has 1 aromatic carbocycles. The Bertz CT molecular complexity index is 339. The summed E-state index contributed by atoms with van der Waals surface area (Å²) in [7, 11) is 0. The maximum atomic E-state index is 5.57. The summed E-state index contributed by atoms with van der Waals surface area (Å²) in [5.74, 6) is 2.12. The Balaban J connectivity index is 2.39. The number of thioether (sulfide) groups is 1. The Kier molecular flexibility index (Phi) is 2.48. The van der Waals surface area contributed by atoms with Crippen LogP contribution in [0.1, 0.15) is 26.3 Å². The van der Waals surface area contributed by atoms with Gasteiger partial charge >= 0.3 is 0 Å². The van der Waals surface area contributed by atoms with E-state index in [9.17, 15) is 0 Å². The first kappa shape index (κ1) is 9.91. The zero-order valence-corrected chi connectivity index (χ0v) is 9.78. The average Bonchev–Trinajstić information content (AvgIpc) is 2.16. The van der Waals surface area contributed by atoms with Crippen LogP contribution >= 0.6 is 11.8 Å². The molecule has 0 aliphatic carbocycles. The highest BCUT2D eigenvalue weighted by atomic mass is 32.2. The van der Waals surface area contributed by atoms with Gasteiger partial charge < -0.3 is 4.74 Å². The van der Waals surface area contributed by atoms with Crippen LogP contribution in [0.25, 0.3) is 0 Å². The van der Waals surface area contributed by atoms with Gasteiger partial charge in [0.15, 0.2) is 0 Å². The highest BCUT2D eigenvalue weighted by Crippen LogP contribution is 2.36. The summed E-state index contributed by atoms with van der Waals surface area (Å²) in [6.07, 6.45) is 0. The SMILES string of the molecule is CC(C)(C)c1ccc2c(c1)SCCO2. The third-order valence-electron chi connectivity index (χ3n) is 2.41. The van der Waals surface area contributed by atoms with Crippen molar-refractivity contribution < 1.29 is 4.74 Å². The van der Waals surface area contributed by atoms with Crippen LogP contribution in [0.15, 0.2) is 23.1 Å². The second-order valence-electron chi connectivity index (χ2n) is 4.61. The molecule has 1 aliphatic rings. The molecular formula is C12H16OS. The lowest BCUT2D eigenvalue weighted by atomic mass is 9.87. The summed E-state index contributed by atoms with van der Waals surface area (Å²) < 4.78 is 5.57. The van der Waals surface area contributed by atoms with Crippen LogP contribution in [0.3, 0.4) is 0 Å². The van der Waals surface area contributed by atoms with Gasteiger partial charge in [-0.1, -0.05) is 26.8 Å². The lowest BCUT2D eigenvalue weighted by Crippen LogP contribution is -2.13. The van der Waals surface area contributed by atoms with E-state index in [0.717, 1.165) is 18.1 Å². The second-order valence-corrected chi connectivity index (χ2v) is 5.75. The molecule has 1 aliphatic heterocycles. The molecule has 14 heavy (non-hydrogen) atoms. The smallest absolute Gasteiger partial charge is 0.132 e. The van der Waals surface area contributed by atoms with Gasteiger partial charge in [-0.25, -0.2) is 0 Å². The van der Waals surface area contributed by atoms with Gasteiger partial charge in [0, 0.05) is 10.6 Å². The zero-order valence-electron chi connectivity index (χ0n) is 8.96. The van der Waals surface area contributed by atoms with E-state index in [1.165, 1.54) is 10.5 Å². The molecule has 2 heteroatoms. The molecule has 0 spiro atoms. The number of hydrogen-bond donors (Lipinski definition) is 0. The Morgan fingerprint density at radius 2 is 2.07 bits per heavy atom. The molecule has 0 amide bonds. The minimum atomic E-state index is 0.229. The van der Waals surface area contributed by atoms with Crippen LogP contribution in [0.4, 0.5) is 0 Å². The molecule has 76 valence electrons. The molecule has 0 bridgehead atoms. The van der Waals surface area contributed by atoms with Crippen LogP contribution in [-0.4, -0.2) is 12.4 Å². The second kappa shape index (κ2) is 3.50. The average molecular weight is 208 g/mol. The fourth-order valence-electron chi connectivity index (χ4n) is 1.51. The molecule has 1 aromatic rings. The Morgan fingerprint density at radius 3 is 2.79 bits per heavy atom. The topological polar surface area (TPSA) is 9.23 Å². The summed E-state index contributed by atoms with van der Waals surface area (Å²) in [5.41, 5.74) is 1.61.